The second-order valence-corrected chi connectivity index (χ2v) is 2.84. The molecular weight excluding hydrogens is 213 g/mol. The zero-order chi connectivity index (χ0) is 11.7. The molecule has 0 radical (unpaired) electrons. The molecule has 0 atom stereocenters. The second kappa shape index (κ2) is 7.33. The van der Waals surface area contributed by atoms with E-state index in [2.05, 4.69) is 15.6 Å². The monoisotopic (exact) mass is 228 g/mol. The lowest BCUT2D eigenvalue weighted by atomic mass is 10.2. The predicted molar refractivity (Wildman–Crippen MR) is 48.1 cm³/mol. The van der Waals surface area contributed by atoms with E-state index in [4.69, 9.17) is 0 Å². The molecule has 0 aliphatic heterocycles. The lowest BCUT2D eigenvalue weighted by Gasteiger charge is -2.07. The van der Waals surface area contributed by atoms with Crippen LogP contribution in [0.2, 0.25) is 0 Å². The molecule has 90 valence electrons. The highest BCUT2D eigenvalue weighted by Crippen LogP contribution is 2.21. The van der Waals surface area contributed by atoms with Crippen LogP contribution in [0, 0.1) is 0 Å². The Morgan fingerprint density at radius 2 is 2.00 bits per heavy atom. The van der Waals surface area contributed by atoms with Crippen LogP contribution in [0.1, 0.15) is 26.2 Å². The summed E-state index contributed by atoms with van der Waals surface area (Å²) in [6, 6.07) is 0. The number of hydrogen-bond acceptors (Lipinski definition) is 3. The Morgan fingerprint density at radius 3 is 2.53 bits per heavy atom. The van der Waals surface area contributed by atoms with Crippen LogP contribution < -0.4 is 10.9 Å². The molecule has 0 spiro atoms. The van der Waals surface area contributed by atoms with E-state index in [1.54, 1.807) is 6.92 Å². The van der Waals surface area contributed by atoms with E-state index in [9.17, 15) is 18.0 Å². The van der Waals surface area contributed by atoms with Gasteiger partial charge in [0, 0.05) is 13.0 Å². The van der Waals surface area contributed by atoms with Gasteiger partial charge in [0.1, 0.15) is 0 Å². The summed E-state index contributed by atoms with van der Waals surface area (Å²) < 4.78 is 39.6. The van der Waals surface area contributed by atoms with Gasteiger partial charge >= 0.3 is 12.3 Å². The molecule has 0 saturated carbocycles. The molecule has 0 aliphatic carbocycles. The van der Waals surface area contributed by atoms with Gasteiger partial charge < -0.3 is 4.74 Å². The summed E-state index contributed by atoms with van der Waals surface area (Å²) in [6.45, 7) is 2.19. The number of carbonyl (C=O) groups is 1. The van der Waals surface area contributed by atoms with Crippen molar-refractivity contribution >= 4 is 6.09 Å². The third-order valence-electron chi connectivity index (χ3n) is 1.48. The van der Waals surface area contributed by atoms with Crippen LogP contribution in [0.15, 0.2) is 0 Å². The number of halogens is 3. The van der Waals surface area contributed by atoms with E-state index in [0.29, 0.717) is 6.42 Å². The zero-order valence-electron chi connectivity index (χ0n) is 8.49. The van der Waals surface area contributed by atoms with Gasteiger partial charge in [-0.25, -0.2) is 10.2 Å². The van der Waals surface area contributed by atoms with Crippen LogP contribution >= 0.6 is 0 Å². The Kier molecular flexibility index (Phi) is 6.85. The normalized spacial score (nSPS) is 11.2. The highest BCUT2D eigenvalue weighted by atomic mass is 19.4. The molecule has 0 aromatic rings. The first kappa shape index (κ1) is 14.0. The number of carbonyl (C=O) groups excluding carboxylic acids is 1. The Bertz CT molecular complexity index is 185. The predicted octanol–water partition coefficient (Wildman–Crippen LogP) is 1.97. The topological polar surface area (TPSA) is 50.4 Å². The maximum absolute atomic E-state index is 11.7. The van der Waals surface area contributed by atoms with Gasteiger partial charge in [0.15, 0.2) is 0 Å². The van der Waals surface area contributed by atoms with Crippen LogP contribution in [0.25, 0.3) is 0 Å². The first-order valence-corrected chi connectivity index (χ1v) is 4.68. The highest BCUT2D eigenvalue weighted by molar-refractivity contribution is 5.66. The minimum absolute atomic E-state index is 0.0427. The summed E-state index contributed by atoms with van der Waals surface area (Å²) in [7, 11) is 0. The third-order valence-corrected chi connectivity index (χ3v) is 1.48. The van der Waals surface area contributed by atoms with Crippen molar-refractivity contribution < 1.29 is 22.7 Å². The fraction of sp³-hybridized carbons (Fsp3) is 0.875. The molecule has 0 aliphatic rings. The summed E-state index contributed by atoms with van der Waals surface area (Å²) in [5.74, 6) is 0. The van der Waals surface area contributed by atoms with Gasteiger partial charge in [-0.2, -0.15) is 13.2 Å². The fourth-order valence-electron chi connectivity index (χ4n) is 0.841. The zero-order valence-corrected chi connectivity index (χ0v) is 8.49. The average molecular weight is 228 g/mol. The second-order valence-electron chi connectivity index (χ2n) is 2.84. The minimum Gasteiger partial charge on any atom is -0.449 e. The summed E-state index contributed by atoms with van der Waals surface area (Å²) in [5.41, 5.74) is 4.65. The van der Waals surface area contributed by atoms with E-state index in [1.165, 1.54) is 0 Å². The van der Waals surface area contributed by atoms with Crippen LogP contribution in [0.3, 0.4) is 0 Å². The van der Waals surface area contributed by atoms with Crippen molar-refractivity contribution in [3.05, 3.63) is 0 Å². The van der Waals surface area contributed by atoms with E-state index in [0.717, 1.165) is 0 Å². The minimum atomic E-state index is -4.10. The van der Waals surface area contributed by atoms with Crippen LogP contribution in [-0.2, 0) is 4.74 Å². The van der Waals surface area contributed by atoms with Gasteiger partial charge in [-0.1, -0.05) is 0 Å². The first-order chi connectivity index (χ1) is 6.95. The number of amides is 1. The van der Waals surface area contributed by atoms with E-state index in [-0.39, 0.29) is 19.6 Å². The Hall–Kier alpha value is -0.980. The Balaban J connectivity index is 3.22. The molecule has 0 rings (SSSR count). The summed E-state index contributed by atoms with van der Waals surface area (Å²) in [6.07, 6.45) is -5.15. The number of ether oxygens (including phenoxy) is 1. The van der Waals surface area contributed by atoms with Gasteiger partial charge in [0.2, 0.25) is 0 Å². The summed E-state index contributed by atoms with van der Waals surface area (Å²) >= 11 is 0. The van der Waals surface area contributed by atoms with Crippen molar-refractivity contribution in [1.82, 2.24) is 10.9 Å². The molecule has 0 heterocycles. The van der Waals surface area contributed by atoms with Gasteiger partial charge in [-0.05, 0) is 19.8 Å². The average Bonchev–Trinajstić information content (AvgIpc) is 2.09. The van der Waals surface area contributed by atoms with Crippen molar-refractivity contribution in [3.63, 3.8) is 0 Å². The maximum Gasteiger partial charge on any atom is 0.421 e. The summed E-state index contributed by atoms with van der Waals surface area (Å²) in [4.78, 5) is 10.7. The van der Waals surface area contributed by atoms with Crippen molar-refractivity contribution in [2.24, 2.45) is 0 Å². The quantitative estimate of drug-likeness (QED) is 0.539. The molecule has 15 heavy (non-hydrogen) atoms. The van der Waals surface area contributed by atoms with E-state index in [1.807, 2.05) is 0 Å². The van der Waals surface area contributed by atoms with E-state index >= 15 is 0 Å². The van der Waals surface area contributed by atoms with Crippen LogP contribution in [0.5, 0.6) is 0 Å². The van der Waals surface area contributed by atoms with E-state index < -0.39 is 18.7 Å². The number of alkyl halides is 3. The van der Waals surface area contributed by atoms with Gasteiger partial charge in [-0.3, -0.25) is 5.43 Å². The Morgan fingerprint density at radius 1 is 1.33 bits per heavy atom. The SMILES string of the molecule is CCOC(=O)NNCCCCC(F)(F)F. The molecule has 0 fully saturated rings. The molecule has 7 heteroatoms. The number of rotatable bonds is 6. The van der Waals surface area contributed by atoms with Crippen LogP contribution in [0.4, 0.5) is 18.0 Å². The highest BCUT2D eigenvalue weighted by Gasteiger charge is 2.25. The molecule has 4 nitrogen and oxygen atoms in total. The van der Waals surface area contributed by atoms with Crippen molar-refractivity contribution in [2.75, 3.05) is 13.2 Å². The smallest absolute Gasteiger partial charge is 0.421 e. The van der Waals surface area contributed by atoms with Crippen molar-refractivity contribution in [3.8, 4) is 0 Å². The summed E-state index contributed by atoms with van der Waals surface area (Å²) in [5, 5.41) is 0. The lowest BCUT2D eigenvalue weighted by Crippen LogP contribution is -2.38. The van der Waals surface area contributed by atoms with Gasteiger partial charge in [0.05, 0.1) is 6.61 Å². The molecule has 0 unspecified atom stereocenters. The molecule has 0 saturated heterocycles. The standard InChI is InChI=1S/C8H15F3N2O2/c1-2-15-7(14)13-12-6-4-3-5-8(9,10)11/h12H,2-6H2,1H3,(H,13,14). The lowest BCUT2D eigenvalue weighted by molar-refractivity contribution is -0.135. The van der Waals surface area contributed by atoms with Gasteiger partial charge in [0.25, 0.3) is 0 Å². The fourth-order valence-corrected chi connectivity index (χ4v) is 0.841. The molecular formula is C8H15F3N2O2. The molecule has 0 bridgehead atoms. The first-order valence-electron chi connectivity index (χ1n) is 4.68. The molecule has 1 amide bonds. The Labute approximate surface area is 86.1 Å². The number of unbranched alkanes of at least 4 members (excludes halogenated alkanes) is 1. The van der Waals surface area contributed by atoms with Crippen LogP contribution in [-0.4, -0.2) is 25.4 Å². The van der Waals surface area contributed by atoms with Gasteiger partial charge in [-0.15, -0.1) is 0 Å². The number of nitrogens with one attached hydrogen (secondary N) is 2. The maximum atomic E-state index is 11.7. The third kappa shape index (κ3) is 10.9. The number of hydrazine groups is 1. The molecule has 0 aromatic heterocycles. The van der Waals surface area contributed by atoms with Crippen molar-refractivity contribution in [2.45, 2.75) is 32.4 Å². The largest absolute Gasteiger partial charge is 0.449 e. The molecule has 2 N–H and O–H groups in total. The molecule has 0 aromatic carbocycles. The number of hydrogen-bond donors (Lipinski definition) is 2. The van der Waals surface area contributed by atoms with Crippen molar-refractivity contribution in [1.29, 1.82) is 0 Å².